The largest absolute Gasteiger partial charge is 0.306 e. The van der Waals surface area contributed by atoms with Crippen molar-refractivity contribution in [2.24, 2.45) is 0 Å². The third kappa shape index (κ3) is 3.13. The van der Waals surface area contributed by atoms with Gasteiger partial charge < -0.3 is 5.32 Å². The van der Waals surface area contributed by atoms with E-state index in [1.54, 1.807) is 30.3 Å². The van der Waals surface area contributed by atoms with Crippen molar-refractivity contribution in [2.45, 2.75) is 4.90 Å². The Morgan fingerprint density at radius 3 is 2.45 bits per heavy atom. The molecule has 1 aromatic carbocycles. The van der Waals surface area contributed by atoms with Gasteiger partial charge in [-0.3, -0.25) is 9.35 Å². The monoisotopic (exact) mass is 325 g/mol. The maximum atomic E-state index is 12.0. The van der Waals surface area contributed by atoms with E-state index in [0.717, 1.165) is 11.6 Å². The smallest absolute Gasteiger partial charge is 0.295 e. The second kappa shape index (κ2) is 6.31. The maximum absolute atomic E-state index is 12.0. The third-order valence-electron chi connectivity index (χ3n) is 3.05. The molecule has 1 radical (unpaired) electrons. The fourth-order valence-corrected chi connectivity index (χ4v) is 2.85. The first-order valence-electron chi connectivity index (χ1n) is 6.02. The topological polar surface area (TPSA) is 96.4 Å². The predicted octanol–water partition coefficient (Wildman–Crippen LogP) is 1.44. The van der Waals surface area contributed by atoms with Crippen LogP contribution >= 0.6 is 0 Å². The van der Waals surface area contributed by atoms with Crippen molar-refractivity contribution < 1.29 is 17.8 Å². The van der Waals surface area contributed by atoms with Crippen molar-refractivity contribution in [3.63, 3.8) is 0 Å². The number of rotatable bonds is 2. The summed E-state index contributed by atoms with van der Waals surface area (Å²) >= 11 is 0. The fourth-order valence-electron chi connectivity index (χ4n) is 2.16. The number of anilines is 1. The number of pyridine rings is 1. The number of carbonyl (C=O) groups is 1. The molecule has 0 bridgehead atoms. The van der Waals surface area contributed by atoms with Crippen molar-refractivity contribution in [1.82, 2.24) is 4.98 Å². The van der Waals surface area contributed by atoms with E-state index in [1.807, 2.05) is 6.07 Å². The van der Waals surface area contributed by atoms with Gasteiger partial charge >= 0.3 is 0 Å². The van der Waals surface area contributed by atoms with Crippen LogP contribution in [-0.2, 0) is 14.9 Å². The van der Waals surface area contributed by atoms with E-state index in [9.17, 15) is 17.8 Å². The molecule has 2 N–H and O–H groups in total. The quantitative estimate of drug-likeness (QED) is 0.495. The predicted molar refractivity (Wildman–Crippen MR) is 82.7 cm³/mol. The summed E-state index contributed by atoms with van der Waals surface area (Å²) in [5, 5.41) is 2.49. The van der Waals surface area contributed by atoms with E-state index >= 15 is 0 Å². The average Bonchev–Trinajstić information content (AvgIpc) is 2.75. The van der Waals surface area contributed by atoms with Crippen LogP contribution in [0, 0.1) is 0 Å². The molecule has 0 unspecified atom stereocenters. The molecule has 6 nitrogen and oxygen atoms in total. The summed E-state index contributed by atoms with van der Waals surface area (Å²) < 4.78 is 32.2. The van der Waals surface area contributed by atoms with Gasteiger partial charge in [-0.1, -0.05) is 30.3 Å². The Hall–Kier alpha value is -1.51. The van der Waals surface area contributed by atoms with Crippen LogP contribution in [0.2, 0.25) is 0 Å². The molecule has 22 heavy (non-hydrogen) atoms. The van der Waals surface area contributed by atoms with E-state index < -0.39 is 16.0 Å². The van der Waals surface area contributed by atoms with Gasteiger partial charge in [0.1, 0.15) is 10.7 Å². The second-order valence-electron chi connectivity index (χ2n) is 4.43. The van der Waals surface area contributed by atoms with Crippen LogP contribution in [0.1, 0.15) is 11.1 Å². The van der Waals surface area contributed by atoms with E-state index in [1.165, 1.54) is 6.20 Å². The number of hydrogen-bond donors (Lipinski definition) is 2. The summed E-state index contributed by atoms with van der Waals surface area (Å²) in [7, 11) is -4.45. The third-order valence-corrected chi connectivity index (χ3v) is 3.94. The van der Waals surface area contributed by atoms with Crippen molar-refractivity contribution in [2.75, 3.05) is 5.32 Å². The molecule has 8 heteroatoms. The zero-order valence-electron chi connectivity index (χ0n) is 11.6. The van der Waals surface area contributed by atoms with Gasteiger partial charge in [0.15, 0.2) is 0 Å². The van der Waals surface area contributed by atoms with Crippen molar-refractivity contribution in [1.29, 1.82) is 0 Å². The molecule has 0 saturated carbocycles. The van der Waals surface area contributed by atoms with E-state index in [-0.39, 0.29) is 51.4 Å². The summed E-state index contributed by atoms with van der Waals surface area (Å²) in [5.74, 6) is -0.338. The van der Waals surface area contributed by atoms with Gasteiger partial charge in [0.05, 0.1) is 11.1 Å². The Bertz CT molecular complexity index is 864. The first-order valence-corrected chi connectivity index (χ1v) is 7.46. The molecule has 1 amide bonds. The number of hydrogen-bond acceptors (Lipinski definition) is 4. The zero-order chi connectivity index (χ0) is 15.0. The summed E-state index contributed by atoms with van der Waals surface area (Å²) in [4.78, 5) is 15.6. The van der Waals surface area contributed by atoms with Crippen LogP contribution in [0.4, 0.5) is 5.82 Å². The number of carbonyl (C=O) groups excluding carboxylic acids is 1. The molecule has 1 aromatic heterocycles. The van der Waals surface area contributed by atoms with Crippen LogP contribution < -0.4 is 5.32 Å². The van der Waals surface area contributed by atoms with Crippen molar-refractivity contribution in [3.05, 3.63) is 53.7 Å². The first-order chi connectivity index (χ1) is 9.97. The summed E-state index contributed by atoms with van der Waals surface area (Å²) in [6, 6.07) is 10.1. The SMILES string of the molecule is O=C1Nc2nccc(S(=O)(=O)O)c2C1=Cc1ccccc1.[Na]. The van der Waals surface area contributed by atoms with Gasteiger partial charge in [-0.15, -0.1) is 0 Å². The van der Waals surface area contributed by atoms with Crippen LogP contribution in [0.25, 0.3) is 11.6 Å². The van der Waals surface area contributed by atoms with Gasteiger partial charge in [0.25, 0.3) is 16.0 Å². The van der Waals surface area contributed by atoms with Gasteiger partial charge in [-0.05, 0) is 17.7 Å². The molecule has 2 aromatic rings. The average molecular weight is 325 g/mol. The standard InChI is InChI=1S/C14H10N2O4S.Na/c17-14-10(8-9-4-2-1-3-5-9)12-11(21(18,19)20)6-7-15-13(12)16-14;/h1-8H,(H,15,16,17)(H,18,19,20);. The van der Waals surface area contributed by atoms with Gasteiger partial charge in [-0.25, -0.2) is 4.98 Å². The molecule has 1 aliphatic heterocycles. The Labute approximate surface area is 149 Å². The van der Waals surface area contributed by atoms with Crippen LogP contribution in [0.15, 0.2) is 47.5 Å². The molecule has 2 heterocycles. The van der Waals surface area contributed by atoms with Gasteiger partial charge in [0, 0.05) is 35.8 Å². The van der Waals surface area contributed by atoms with Gasteiger partial charge in [-0.2, -0.15) is 8.42 Å². The summed E-state index contributed by atoms with van der Waals surface area (Å²) in [6.07, 6.45) is 2.77. The fraction of sp³-hybridized carbons (Fsp3) is 0. The molecule has 1 aliphatic rings. The summed E-state index contributed by atoms with van der Waals surface area (Å²) in [5.41, 5.74) is 0.978. The van der Waals surface area contributed by atoms with E-state index in [2.05, 4.69) is 10.3 Å². The number of nitrogens with one attached hydrogen (secondary N) is 1. The maximum Gasteiger partial charge on any atom is 0.295 e. The Morgan fingerprint density at radius 2 is 1.82 bits per heavy atom. The summed E-state index contributed by atoms with van der Waals surface area (Å²) in [6.45, 7) is 0. The Kier molecular flexibility index (Phi) is 4.84. The molecule has 0 atom stereocenters. The molecule has 0 saturated heterocycles. The van der Waals surface area contributed by atoms with Crippen molar-refractivity contribution in [3.8, 4) is 0 Å². The van der Waals surface area contributed by atoms with Crippen LogP contribution in [-0.4, -0.2) is 53.4 Å². The zero-order valence-corrected chi connectivity index (χ0v) is 14.5. The molecule has 3 rings (SSSR count). The molecular weight excluding hydrogens is 315 g/mol. The number of nitrogens with zero attached hydrogens (tertiary/aromatic N) is 1. The first kappa shape index (κ1) is 16.9. The molecule has 107 valence electrons. The number of aromatic nitrogens is 1. The van der Waals surface area contributed by atoms with Crippen LogP contribution in [0.3, 0.4) is 0 Å². The molecule has 0 spiro atoms. The second-order valence-corrected chi connectivity index (χ2v) is 5.82. The minimum absolute atomic E-state index is 0. The number of amides is 1. The minimum Gasteiger partial charge on any atom is -0.306 e. The molecule has 0 aliphatic carbocycles. The van der Waals surface area contributed by atoms with Crippen LogP contribution in [0.5, 0.6) is 0 Å². The van der Waals surface area contributed by atoms with Crippen molar-refractivity contribution >= 4 is 63.0 Å². The minimum atomic E-state index is -4.45. The number of benzene rings is 1. The Morgan fingerprint density at radius 1 is 1.14 bits per heavy atom. The molecule has 0 fully saturated rings. The molecular formula is C14H10N2NaO4S. The Balaban J connectivity index is 0.00000176. The van der Waals surface area contributed by atoms with Gasteiger partial charge in [0.2, 0.25) is 0 Å². The van der Waals surface area contributed by atoms with E-state index in [4.69, 9.17) is 0 Å². The van der Waals surface area contributed by atoms with E-state index in [0.29, 0.717) is 0 Å². The normalized spacial score (nSPS) is 15.1. The number of fused-ring (bicyclic) bond motifs is 1.